The van der Waals surface area contributed by atoms with E-state index in [0.29, 0.717) is 31.2 Å². The lowest BCUT2D eigenvalue weighted by atomic mass is 10.1. The molecule has 3 aromatic rings. The van der Waals surface area contributed by atoms with Crippen LogP contribution in [-0.2, 0) is 13.1 Å². The summed E-state index contributed by atoms with van der Waals surface area (Å²) < 4.78 is 5.68. The largest absolute Gasteiger partial charge is 0.447 e. The highest BCUT2D eigenvalue weighted by Gasteiger charge is 2.25. The Balaban J connectivity index is 1.08. The van der Waals surface area contributed by atoms with Crippen LogP contribution in [0.15, 0.2) is 65.3 Å². The van der Waals surface area contributed by atoms with Crippen molar-refractivity contribution < 1.29 is 9.21 Å². The molecule has 0 unspecified atom stereocenters. The summed E-state index contributed by atoms with van der Waals surface area (Å²) in [5, 5.41) is 0. The first-order valence-corrected chi connectivity index (χ1v) is 12.2. The van der Waals surface area contributed by atoms with Crippen LogP contribution in [0.2, 0.25) is 0 Å². The van der Waals surface area contributed by atoms with Gasteiger partial charge in [0.2, 0.25) is 5.89 Å². The van der Waals surface area contributed by atoms with Crippen LogP contribution in [-0.4, -0.2) is 77.9 Å². The van der Waals surface area contributed by atoms with Crippen LogP contribution in [0.1, 0.15) is 27.5 Å². The number of piperazine rings is 2. The van der Waals surface area contributed by atoms with Gasteiger partial charge < -0.3 is 14.2 Å². The lowest BCUT2D eigenvalue weighted by Crippen LogP contribution is -2.48. The SMILES string of the molecule is Cc1cccc(CN2CCN(Cc3nc(C(=O)N4CCN(c5ccccc5)CC4)co3)CC2)c1. The molecule has 2 aliphatic rings. The first kappa shape index (κ1) is 22.6. The number of rotatable bonds is 6. The summed E-state index contributed by atoms with van der Waals surface area (Å²) in [6.45, 7) is 10.8. The van der Waals surface area contributed by atoms with E-state index < -0.39 is 0 Å². The van der Waals surface area contributed by atoms with Gasteiger partial charge >= 0.3 is 0 Å². The normalized spacial score (nSPS) is 17.8. The predicted octanol–water partition coefficient (Wildman–Crippen LogP) is 3.26. The van der Waals surface area contributed by atoms with Crippen LogP contribution in [0.5, 0.6) is 0 Å². The number of carbonyl (C=O) groups excluding carboxylic acids is 1. The van der Waals surface area contributed by atoms with Crippen molar-refractivity contribution in [2.24, 2.45) is 0 Å². The Labute approximate surface area is 201 Å². The fraction of sp³-hybridized carbons (Fsp3) is 0.407. The molecule has 0 radical (unpaired) electrons. The number of para-hydroxylation sites is 1. The minimum Gasteiger partial charge on any atom is -0.447 e. The maximum Gasteiger partial charge on any atom is 0.275 e. The topological polar surface area (TPSA) is 56.1 Å². The quantitative estimate of drug-likeness (QED) is 0.564. The van der Waals surface area contributed by atoms with E-state index in [0.717, 1.165) is 45.8 Å². The highest BCUT2D eigenvalue weighted by Crippen LogP contribution is 2.18. The number of aromatic nitrogens is 1. The average molecular weight is 460 g/mol. The van der Waals surface area contributed by atoms with E-state index in [1.165, 1.54) is 23.1 Å². The molecule has 0 saturated carbocycles. The fourth-order valence-electron chi connectivity index (χ4n) is 4.82. The van der Waals surface area contributed by atoms with Crippen molar-refractivity contribution >= 4 is 11.6 Å². The Kier molecular flexibility index (Phi) is 6.92. The average Bonchev–Trinajstić information content (AvgIpc) is 3.34. The van der Waals surface area contributed by atoms with Crippen LogP contribution in [0.3, 0.4) is 0 Å². The monoisotopic (exact) mass is 459 g/mol. The zero-order valence-corrected chi connectivity index (χ0v) is 19.9. The molecular weight excluding hydrogens is 426 g/mol. The minimum atomic E-state index is -0.0364. The molecule has 178 valence electrons. The van der Waals surface area contributed by atoms with Crippen molar-refractivity contribution in [1.82, 2.24) is 19.7 Å². The molecule has 0 aliphatic carbocycles. The molecule has 7 nitrogen and oxygen atoms in total. The Morgan fingerprint density at radius 1 is 0.853 bits per heavy atom. The Morgan fingerprint density at radius 3 is 2.26 bits per heavy atom. The maximum absolute atomic E-state index is 13.0. The molecule has 2 aliphatic heterocycles. The van der Waals surface area contributed by atoms with Crippen molar-refractivity contribution in [3.8, 4) is 0 Å². The number of nitrogens with zero attached hydrogens (tertiary/aromatic N) is 5. The molecular formula is C27H33N5O2. The van der Waals surface area contributed by atoms with Gasteiger partial charge in [0, 0.05) is 64.6 Å². The number of amides is 1. The standard InChI is InChI=1S/C27H33N5O2/c1-22-6-5-7-23(18-22)19-29-10-12-30(13-11-29)20-26-28-25(21-34-26)27(33)32-16-14-31(15-17-32)24-8-3-2-4-9-24/h2-9,18,21H,10-17,19-20H2,1H3. The van der Waals surface area contributed by atoms with Gasteiger partial charge in [0.05, 0.1) is 6.54 Å². The number of oxazole rings is 1. The summed E-state index contributed by atoms with van der Waals surface area (Å²) in [4.78, 5) is 26.5. The third kappa shape index (κ3) is 5.48. The van der Waals surface area contributed by atoms with E-state index in [2.05, 4.69) is 63.0 Å². The van der Waals surface area contributed by atoms with Gasteiger partial charge in [-0.3, -0.25) is 14.6 Å². The van der Waals surface area contributed by atoms with Gasteiger partial charge in [-0.25, -0.2) is 4.98 Å². The summed E-state index contributed by atoms with van der Waals surface area (Å²) in [7, 11) is 0. The number of benzene rings is 2. The molecule has 0 atom stereocenters. The smallest absolute Gasteiger partial charge is 0.275 e. The van der Waals surface area contributed by atoms with E-state index in [4.69, 9.17) is 4.42 Å². The van der Waals surface area contributed by atoms with Crippen LogP contribution >= 0.6 is 0 Å². The van der Waals surface area contributed by atoms with Crippen molar-refractivity contribution in [2.75, 3.05) is 57.3 Å². The van der Waals surface area contributed by atoms with Gasteiger partial charge in [0.1, 0.15) is 6.26 Å². The van der Waals surface area contributed by atoms with Crippen LogP contribution in [0, 0.1) is 6.92 Å². The molecule has 3 heterocycles. The van der Waals surface area contributed by atoms with E-state index in [9.17, 15) is 4.79 Å². The molecule has 2 fully saturated rings. The second kappa shape index (κ2) is 10.4. The summed E-state index contributed by atoms with van der Waals surface area (Å²) in [6, 6.07) is 19.1. The van der Waals surface area contributed by atoms with Crippen LogP contribution in [0.4, 0.5) is 5.69 Å². The highest BCUT2D eigenvalue weighted by molar-refractivity contribution is 5.92. The van der Waals surface area contributed by atoms with E-state index >= 15 is 0 Å². The third-order valence-electron chi connectivity index (χ3n) is 6.77. The molecule has 0 bridgehead atoms. The molecule has 2 saturated heterocycles. The van der Waals surface area contributed by atoms with E-state index in [-0.39, 0.29) is 5.91 Å². The lowest BCUT2D eigenvalue weighted by Gasteiger charge is -2.35. The predicted molar refractivity (Wildman–Crippen MR) is 133 cm³/mol. The van der Waals surface area contributed by atoms with Gasteiger partial charge in [-0.1, -0.05) is 48.0 Å². The third-order valence-corrected chi connectivity index (χ3v) is 6.77. The zero-order valence-electron chi connectivity index (χ0n) is 19.9. The van der Waals surface area contributed by atoms with E-state index in [1.807, 2.05) is 23.1 Å². The van der Waals surface area contributed by atoms with Gasteiger partial charge in [-0.2, -0.15) is 0 Å². The second-order valence-corrected chi connectivity index (χ2v) is 9.28. The fourth-order valence-corrected chi connectivity index (χ4v) is 4.82. The first-order valence-electron chi connectivity index (χ1n) is 12.2. The summed E-state index contributed by atoms with van der Waals surface area (Å²) in [6.07, 6.45) is 1.52. The zero-order chi connectivity index (χ0) is 23.3. The number of hydrogen-bond acceptors (Lipinski definition) is 6. The highest BCUT2D eigenvalue weighted by atomic mass is 16.3. The van der Waals surface area contributed by atoms with Gasteiger partial charge in [-0.05, 0) is 24.6 Å². The Morgan fingerprint density at radius 2 is 1.56 bits per heavy atom. The van der Waals surface area contributed by atoms with Gasteiger partial charge in [0.15, 0.2) is 5.69 Å². The van der Waals surface area contributed by atoms with Gasteiger partial charge in [-0.15, -0.1) is 0 Å². The molecule has 1 aromatic heterocycles. The lowest BCUT2D eigenvalue weighted by molar-refractivity contribution is 0.0740. The van der Waals surface area contributed by atoms with Gasteiger partial charge in [0.25, 0.3) is 5.91 Å². The Hall–Kier alpha value is -3.16. The van der Waals surface area contributed by atoms with E-state index in [1.54, 1.807) is 0 Å². The van der Waals surface area contributed by atoms with Crippen LogP contribution in [0.25, 0.3) is 0 Å². The molecule has 0 N–H and O–H groups in total. The molecule has 34 heavy (non-hydrogen) atoms. The number of carbonyl (C=O) groups is 1. The first-order chi connectivity index (χ1) is 16.6. The van der Waals surface area contributed by atoms with Crippen molar-refractivity contribution in [3.05, 3.63) is 83.6 Å². The maximum atomic E-state index is 13.0. The summed E-state index contributed by atoms with van der Waals surface area (Å²) in [5.41, 5.74) is 4.30. The molecule has 1 amide bonds. The van der Waals surface area contributed by atoms with Crippen molar-refractivity contribution in [2.45, 2.75) is 20.0 Å². The molecule has 2 aromatic carbocycles. The molecule has 5 rings (SSSR count). The summed E-state index contributed by atoms with van der Waals surface area (Å²) >= 11 is 0. The van der Waals surface area contributed by atoms with Crippen molar-refractivity contribution in [1.29, 1.82) is 0 Å². The molecule has 0 spiro atoms. The van der Waals surface area contributed by atoms with Crippen molar-refractivity contribution in [3.63, 3.8) is 0 Å². The number of aryl methyl sites for hydroxylation is 1. The molecule has 7 heteroatoms. The Bertz CT molecular complexity index is 1080. The number of hydrogen-bond donors (Lipinski definition) is 0. The van der Waals surface area contributed by atoms with Crippen LogP contribution < -0.4 is 4.90 Å². The minimum absolute atomic E-state index is 0.0364. The second-order valence-electron chi connectivity index (χ2n) is 9.28. The number of anilines is 1. The summed E-state index contributed by atoms with van der Waals surface area (Å²) in [5.74, 6) is 0.587.